The van der Waals surface area contributed by atoms with Gasteiger partial charge in [-0.2, -0.15) is 0 Å². The summed E-state index contributed by atoms with van der Waals surface area (Å²) in [4.78, 5) is 25.0. The number of amides is 1. The second kappa shape index (κ2) is 6.39. The Labute approximate surface area is 147 Å². The number of ether oxygens (including phenoxy) is 1. The molecule has 1 aromatic heterocycles. The smallest absolute Gasteiger partial charge is 0.412 e. The zero-order valence-electron chi connectivity index (χ0n) is 15.3. The van der Waals surface area contributed by atoms with E-state index in [1.54, 1.807) is 20.8 Å². The van der Waals surface area contributed by atoms with E-state index in [0.29, 0.717) is 11.6 Å². The number of carbonyl (C=O) groups excluding carboxylic acids is 1. The number of aromatic carboxylic acids is 1. The fourth-order valence-electron chi connectivity index (χ4n) is 3.01. The van der Waals surface area contributed by atoms with Gasteiger partial charge in [0.05, 0.1) is 5.69 Å². The Morgan fingerprint density at radius 1 is 1.21 bits per heavy atom. The van der Waals surface area contributed by atoms with Crippen LogP contribution in [0.25, 0.3) is 0 Å². The van der Waals surface area contributed by atoms with Crippen molar-refractivity contribution >= 4 is 29.1 Å². The minimum atomic E-state index is -1.01. The molecule has 5 nitrogen and oxygen atoms in total. The van der Waals surface area contributed by atoms with Crippen molar-refractivity contribution in [3.05, 3.63) is 15.3 Å². The summed E-state index contributed by atoms with van der Waals surface area (Å²) >= 11 is 1.28. The molecule has 2 rings (SSSR count). The molecule has 134 valence electrons. The molecule has 1 heterocycles. The van der Waals surface area contributed by atoms with Gasteiger partial charge >= 0.3 is 12.1 Å². The predicted octanol–water partition coefficient (Wildman–Crippen LogP) is 4.94. The third-order valence-corrected chi connectivity index (χ3v) is 5.55. The number of carbonyl (C=O) groups is 2. The number of rotatable bonds is 2. The fraction of sp³-hybridized carbons (Fsp3) is 0.667. The summed E-state index contributed by atoms with van der Waals surface area (Å²) in [6, 6.07) is 0. The molecular weight excluding hydrogens is 326 g/mol. The van der Waals surface area contributed by atoms with Gasteiger partial charge in [-0.1, -0.05) is 20.8 Å². The summed E-state index contributed by atoms with van der Waals surface area (Å²) in [5.74, 6) is -0.493. The van der Waals surface area contributed by atoms with Gasteiger partial charge in [0.25, 0.3) is 0 Å². The SMILES string of the molecule is CC(C)(C)OC(=O)Nc1c(C(=O)O)sc2c1CCC(C(C)(C)C)C2. The van der Waals surface area contributed by atoms with Crippen LogP contribution >= 0.6 is 11.3 Å². The topological polar surface area (TPSA) is 75.6 Å². The first-order valence-corrected chi connectivity index (χ1v) is 9.08. The molecule has 0 bridgehead atoms. The van der Waals surface area contributed by atoms with Crippen LogP contribution in [-0.4, -0.2) is 22.8 Å². The van der Waals surface area contributed by atoms with Gasteiger partial charge in [-0.25, -0.2) is 9.59 Å². The van der Waals surface area contributed by atoms with E-state index in [4.69, 9.17) is 4.74 Å². The van der Waals surface area contributed by atoms with E-state index in [-0.39, 0.29) is 10.3 Å². The van der Waals surface area contributed by atoms with E-state index in [0.717, 1.165) is 29.7 Å². The number of nitrogens with one attached hydrogen (secondary N) is 1. The van der Waals surface area contributed by atoms with E-state index in [1.807, 2.05) is 0 Å². The van der Waals surface area contributed by atoms with E-state index in [1.165, 1.54) is 11.3 Å². The Kier molecular flexibility index (Phi) is 5.00. The molecule has 1 amide bonds. The minimum Gasteiger partial charge on any atom is -0.477 e. The van der Waals surface area contributed by atoms with Crippen LogP contribution in [0.15, 0.2) is 0 Å². The van der Waals surface area contributed by atoms with Gasteiger partial charge in [0, 0.05) is 4.88 Å². The second-order valence-electron chi connectivity index (χ2n) is 8.45. The molecule has 0 aromatic carbocycles. The Hall–Kier alpha value is -1.56. The van der Waals surface area contributed by atoms with Crippen LogP contribution in [0.2, 0.25) is 0 Å². The molecule has 0 saturated carbocycles. The molecule has 0 fully saturated rings. The van der Waals surface area contributed by atoms with E-state index >= 15 is 0 Å². The second-order valence-corrected chi connectivity index (χ2v) is 9.55. The maximum absolute atomic E-state index is 12.1. The molecular formula is C18H27NO4S. The Bertz CT molecular complexity index is 649. The molecule has 1 atom stereocenters. The summed E-state index contributed by atoms with van der Waals surface area (Å²) in [6.45, 7) is 12.0. The van der Waals surface area contributed by atoms with Crippen molar-refractivity contribution in [3.8, 4) is 0 Å². The zero-order valence-corrected chi connectivity index (χ0v) is 16.1. The number of thiophene rings is 1. The number of hydrogen-bond donors (Lipinski definition) is 2. The summed E-state index contributed by atoms with van der Waals surface area (Å²) in [5.41, 5.74) is 0.943. The van der Waals surface area contributed by atoms with E-state index in [2.05, 4.69) is 26.1 Å². The highest BCUT2D eigenvalue weighted by molar-refractivity contribution is 7.14. The molecule has 0 aliphatic heterocycles. The highest BCUT2D eigenvalue weighted by Gasteiger charge is 2.34. The fourth-order valence-corrected chi connectivity index (χ4v) is 4.24. The quantitative estimate of drug-likeness (QED) is 0.789. The highest BCUT2D eigenvalue weighted by atomic mass is 32.1. The third-order valence-electron chi connectivity index (χ3n) is 4.31. The Morgan fingerprint density at radius 2 is 1.83 bits per heavy atom. The van der Waals surface area contributed by atoms with Crippen molar-refractivity contribution in [1.29, 1.82) is 0 Å². The monoisotopic (exact) mass is 353 g/mol. The van der Waals surface area contributed by atoms with Crippen LogP contribution in [0, 0.1) is 11.3 Å². The standard InChI is InChI=1S/C18H27NO4S/c1-17(2,3)10-7-8-11-12(9-10)24-14(15(20)21)13(11)19-16(22)23-18(4,5)6/h10H,7-9H2,1-6H3,(H,19,22)(H,20,21). The van der Waals surface area contributed by atoms with Crippen molar-refractivity contribution in [1.82, 2.24) is 0 Å². The van der Waals surface area contributed by atoms with E-state index < -0.39 is 17.7 Å². The molecule has 6 heteroatoms. The summed E-state index contributed by atoms with van der Waals surface area (Å²) < 4.78 is 5.27. The predicted molar refractivity (Wildman–Crippen MR) is 96.1 cm³/mol. The number of carboxylic acid groups (broad SMARTS) is 1. The van der Waals surface area contributed by atoms with Gasteiger partial charge in [-0.3, -0.25) is 5.32 Å². The average Bonchev–Trinajstić information content (AvgIpc) is 2.73. The maximum Gasteiger partial charge on any atom is 0.412 e. The molecule has 1 unspecified atom stereocenters. The molecule has 2 N–H and O–H groups in total. The van der Waals surface area contributed by atoms with Crippen LogP contribution in [0.4, 0.5) is 10.5 Å². The first-order chi connectivity index (χ1) is 10.9. The van der Waals surface area contributed by atoms with Gasteiger partial charge in [0.1, 0.15) is 10.5 Å². The maximum atomic E-state index is 12.1. The highest BCUT2D eigenvalue weighted by Crippen LogP contribution is 2.44. The molecule has 1 aliphatic carbocycles. The first-order valence-electron chi connectivity index (χ1n) is 8.26. The van der Waals surface area contributed by atoms with Crippen LogP contribution in [0.3, 0.4) is 0 Å². The van der Waals surface area contributed by atoms with Crippen LogP contribution < -0.4 is 5.32 Å². The largest absolute Gasteiger partial charge is 0.477 e. The zero-order chi connectivity index (χ0) is 18.3. The van der Waals surface area contributed by atoms with Gasteiger partial charge in [0.2, 0.25) is 0 Å². The van der Waals surface area contributed by atoms with Gasteiger partial charge in [-0.15, -0.1) is 11.3 Å². The molecule has 0 spiro atoms. The number of carboxylic acids is 1. The lowest BCUT2D eigenvalue weighted by molar-refractivity contribution is 0.0635. The Morgan fingerprint density at radius 3 is 2.33 bits per heavy atom. The van der Waals surface area contributed by atoms with Crippen molar-refractivity contribution < 1.29 is 19.4 Å². The average molecular weight is 353 g/mol. The third kappa shape index (κ3) is 4.29. The lowest BCUT2D eigenvalue weighted by Crippen LogP contribution is -2.29. The molecule has 0 saturated heterocycles. The van der Waals surface area contributed by atoms with E-state index in [9.17, 15) is 14.7 Å². The van der Waals surface area contributed by atoms with Crippen molar-refractivity contribution in [2.24, 2.45) is 11.3 Å². The molecule has 1 aromatic rings. The minimum absolute atomic E-state index is 0.184. The summed E-state index contributed by atoms with van der Waals surface area (Å²) in [6.07, 6.45) is 2.03. The number of hydrogen-bond acceptors (Lipinski definition) is 4. The van der Waals surface area contributed by atoms with Gasteiger partial charge in [0.15, 0.2) is 0 Å². The van der Waals surface area contributed by atoms with Crippen LogP contribution in [0.5, 0.6) is 0 Å². The lowest BCUT2D eigenvalue weighted by Gasteiger charge is -2.34. The number of anilines is 1. The summed E-state index contributed by atoms with van der Waals surface area (Å²) in [7, 11) is 0. The van der Waals surface area contributed by atoms with Gasteiger partial charge < -0.3 is 9.84 Å². The van der Waals surface area contributed by atoms with Crippen molar-refractivity contribution in [2.45, 2.75) is 66.4 Å². The summed E-state index contributed by atoms with van der Waals surface area (Å²) in [5, 5.41) is 12.2. The van der Waals surface area contributed by atoms with Crippen molar-refractivity contribution in [3.63, 3.8) is 0 Å². The molecule has 1 aliphatic rings. The van der Waals surface area contributed by atoms with Crippen LogP contribution in [-0.2, 0) is 17.6 Å². The number of fused-ring (bicyclic) bond motifs is 1. The van der Waals surface area contributed by atoms with Crippen molar-refractivity contribution in [2.75, 3.05) is 5.32 Å². The Balaban J connectivity index is 2.31. The molecule has 0 radical (unpaired) electrons. The first kappa shape index (κ1) is 18.8. The normalized spacial score (nSPS) is 18.0. The van der Waals surface area contributed by atoms with Gasteiger partial charge in [-0.05, 0) is 56.9 Å². The van der Waals surface area contributed by atoms with Crippen LogP contribution in [0.1, 0.15) is 68.1 Å². The molecule has 24 heavy (non-hydrogen) atoms. The lowest BCUT2D eigenvalue weighted by atomic mass is 9.72.